The molecule has 1 saturated heterocycles. The Bertz CT molecular complexity index is 1460. The summed E-state index contributed by atoms with van der Waals surface area (Å²) < 4.78 is 12.4. The first-order chi connectivity index (χ1) is 19.0. The minimum absolute atomic E-state index is 0.185. The number of amides is 1. The van der Waals surface area contributed by atoms with E-state index in [1.54, 1.807) is 6.20 Å². The predicted molar refractivity (Wildman–Crippen MR) is 152 cm³/mol. The van der Waals surface area contributed by atoms with Crippen molar-refractivity contribution in [3.8, 4) is 0 Å². The van der Waals surface area contributed by atoms with E-state index in [1.165, 1.54) is 12.7 Å². The molecular weight excluding hydrogens is 516 g/mol. The standard InChI is InChI=1S/C30H31ClN4O4/c1-38-30(37)27-26(34-29(36)22-13-15-39-19-22)24-16-23(32-17-21-11-5-6-12-25(21)31)18-33-28(24)35(27)14-7-10-20-8-3-2-4-9-20/h2-6,8-9,11-12,16,18,22,32H,7,10,13-15,17,19H2,1H3,(H,34,36)/t22-/m1/s1. The molecule has 0 spiro atoms. The van der Waals surface area contributed by atoms with Crippen LogP contribution in [0.1, 0.15) is 34.5 Å². The van der Waals surface area contributed by atoms with Crippen molar-refractivity contribution in [3.63, 3.8) is 0 Å². The average molecular weight is 547 g/mol. The molecule has 0 radical (unpaired) electrons. The van der Waals surface area contributed by atoms with Crippen LogP contribution in [0.25, 0.3) is 11.0 Å². The number of nitrogens with zero attached hydrogens (tertiary/aromatic N) is 2. The van der Waals surface area contributed by atoms with E-state index < -0.39 is 5.97 Å². The number of aryl methyl sites for hydroxylation is 2. The zero-order valence-corrected chi connectivity index (χ0v) is 22.5. The molecule has 1 amide bonds. The first-order valence-corrected chi connectivity index (χ1v) is 13.4. The second-order valence-corrected chi connectivity index (χ2v) is 9.95. The molecule has 1 aliphatic heterocycles. The number of pyridine rings is 1. The maximum absolute atomic E-state index is 13.2. The van der Waals surface area contributed by atoms with Gasteiger partial charge in [0.2, 0.25) is 5.91 Å². The monoisotopic (exact) mass is 546 g/mol. The highest BCUT2D eigenvalue weighted by atomic mass is 35.5. The van der Waals surface area contributed by atoms with Gasteiger partial charge in [-0.2, -0.15) is 0 Å². The van der Waals surface area contributed by atoms with Crippen LogP contribution in [0.2, 0.25) is 5.02 Å². The Hall–Kier alpha value is -3.88. The molecule has 0 bridgehead atoms. The van der Waals surface area contributed by atoms with Gasteiger partial charge in [0.15, 0.2) is 5.69 Å². The number of anilines is 2. The molecular formula is C30H31ClN4O4. The number of esters is 1. The smallest absolute Gasteiger partial charge is 0.356 e. The van der Waals surface area contributed by atoms with Gasteiger partial charge in [0, 0.05) is 30.1 Å². The second-order valence-electron chi connectivity index (χ2n) is 9.55. The number of hydrogen-bond acceptors (Lipinski definition) is 6. The summed E-state index contributed by atoms with van der Waals surface area (Å²) in [5.41, 5.74) is 4.18. The third kappa shape index (κ3) is 6.08. The number of nitrogens with one attached hydrogen (secondary N) is 2. The lowest BCUT2D eigenvalue weighted by atomic mass is 10.1. The molecule has 2 aromatic carbocycles. The van der Waals surface area contributed by atoms with Gasteiger partial charge >= 0.3 is 5.97 Å². The SMILES string of the molecule is COC(=O)c1c(NC(=O)[C@@H]2CCOC2)c2cc(NCc3ccccc3Cl)cnc2n1CCCc1ccccc1. The molecule has 1 aliphatic rings. The van der Waals surface area contributed by atoms with E-state index in [-0.39, 0.29) is 17.5 Å². The normalized spacial score (nSPS) is 14.9. The van der Waals surface area contributed by atoms with Crippen LogP contribution in [0, 0.1) is 5.92 Å². The Morgan fingerprint density at radius 3 is 2.69 bits per heavy atom. The number of fused-ring (bicyclic) bond motifs is 1. The molecule has 5 rings (SSSR count). The van der Waals surface area contributed by atoms with E-state index in [9.17, 15) is 9.59 Å². The molecule has 0 aliphatic carbocycles. The van der Waals surface area contributed by atoms with Crippen molar-refractivity contribution in [2.24, 2.45) is 5.92 Å². The number of carbonyl (C=O) groups excluding carboxylic acids is 2. The van der Waals surface area contributed by atoms with E-state index >= 15 is 0 Å². The van der Waals surface area contributed by atoms with Crippen molar-refractivity contribution in [3.05, 3.63) is 88.7 Å². The van der Waals surface area contributed by atoms with E-state index in [2.05, 4.69) is 22.8 Å². The molecule has 2 aromatic heterocycles. The number of halogens is 1. The maximum Gasteiger partial charge on any atom is 0.356 e. The van der Waals surface area contributed by atoms with Gasteiger partial charge in [-0.25, -0.2) is 9.78 Å². The Balaban J connectivity index is 1.50. The Morgan fingerprint density at radius 2 is 1.95 bits per heavy atom. The van der Waals surface area contributed by atoms with Crippen LogP contribution in [-0.2, 0) is 33.8 Å². The highest BCUT2D eigenvalue weighted by Crippen LogP contribution is 2.34. The van der Waals surface area contributed by atoms with Crippen molar-refractivity contribution in [1.29, 1.82) is 0 Å². The number of benzene rings is 2. The lowest BCUT2D eigenvalue weighted by Gasteiger charge is -2.12. The third-order valence-corrected chi connectivity index (χ3v) is 7.33. The van der Waals surface area contributed by atoms with Gasteiger partial charge in [0.1, 0.15) is 5.65 Å². The summed E-state index contributed by atoms with van der Waals surface area (Å²) in [6.07, 6.45) is 3.97. The van der Waals surface area contributed by atoms with E-state index in [4.69, 9.17) is 26.1 Å². The quantitative estimate of drug-likeness (QED) is 0.248. The number of methoxy groups -OCH3 is 1. The highest BCUT2D eigenvalue weighted by molar-refractivity contribution is 6.31. The number of carbonyl (C=O) groups is 2. The van der Waals surface area contributed by atoms with Gasteiger partial charge < -0.3 is 24.7 Å². The van der Waals surface area contributed by atoms with Gasteiger partial charge in [-0.05, 0) is 42.5 Å². The van der Waals surface area contributed by atoms with Crippen LogP contribution in [0.4, 0.5) is 11.4 Å². The molecule has 202 valence electrons. The summed E-state index contributed by atoms with van der Waals surface area (Å²) in [6.45, 7) is 1.92. The summed E-state index contributed by atoms with van der Waals surface area (Å²) >= 11 is 6.33. The fraction of sp³-hybridized carbons (Fsp3) is 0.300. The zero-order valence-electron chi connectivity index (χ0n) is 21.8. The number of rotatable bonds is 10. The Kier molecular flexibility index (Phi) is 8.44. The van der Waals surface area contributed by atoms with Crippen LogP contribution in [0.15, 0.2) is 66.9 Å². The Labute approximate surface area is 232 Å². The van der Waals surface area contributed by atoms with Crippen molar-refractivity contribution in [2.45, 2.75) is 32.4 Å². The van der Waals surface area contributed by atoms with Gasteiger partial charge in [0.05, 0.1) is 37.2 Å². The highest BCUT2D eigenvalue weighted by Gasteiger charge is 2.29. The first kappa shape index (κ1) is 26.7. The minimum atomic E-state index is -0.531. The summed E-state index contributed by atoms with van der Waals surface area (Å²) in [7, 11) is 1.34. The summed E-state index contributed by atoms with van der Waals surface area (Å²) in [5.74, 6) is -0.992. The molecule has 0 unspecified atom stereocenters. The fourth-order valence-electron chi connectivity index (χ4n) is 4.87. The van der Waals surface area contributed by atoms with Crippen molar-refractivity contribution >= 4 is 45.9 Å². The summed E-state index contributed by atoms with van der Waals surface area (Å²) in [6, 6.07) is 19.7. The molecule has 8 nitrogen and oxygen atoms in total. The molecule has 4 aromatic rings. The minimum Gasteiger partial charge on any atom is -0.464 e. The lowest BCUT2D eigenvalue weighted by Crippen LogP contribution is -2.24. The first-order valence-electron chi connectivity index (χ1n) is 13.1. The molecule has 3 heterocycles. The van der Waals surface area contributed by atoms with Crippen molar-refractivity contribution in [2.75, 3.05) is 31.0 Å². The third-order valence-electron chi connectivity index (χ3n) is 6.96. The van der Waals surface area contributed by atoms with Crippen LogP contribution >= 0.6 is 11.6 Å². The maximum atomic E-state index is 13.2. The van der Waals surface area contributed by atoms with E-state index in [0.29, 0.717) is 54.5 Å². The summed E-state index contributed by atoms with van der Waals surface area (Å²) in [5, 5.41) is 7.71. The summed E-state index contributed by atoms with van der Waals surface area (Å²) in [4.78, 5) is 31.0. The second kappa shape index (κ2) is 12.3. The van der Waals surface area contributed by atoms with Crippen LogP contribution in [0.5, 0.6) is 0 Å². The number of ether oxygens (including phenoxy) is 2. The Morgan fingerprint density at radius 1 is 1.15 bits per heavy atom. The van der Waals surface area contributed by atoms with Crippen molar-refractivity contribution in [1.82, 2.24) is 9.55 Å². The molecule has 9 heteroatoms. The molecule has 0 saturated carbocycles. The molecule has 1 atom stereocenters. The van der Waals surface area contributed by atoms with Gasteiger partial charge in [-0.3, -0.25) is 4.79 Å². The van der Waals surface area contributed by atoms with Crippen LogP contribution in [0.3, 0.4) is 0 Å². The number of aromatic nitrogens is 2. The largest absolute Gasteiger partial charge is 0.464 e. The van der Waals surface area contributed by atoms with E-state index in [0.717, 1.165) is 24.1 Å². The van der Waals surface area contributed by atoms with E-state index in [1.807, 2.05) is 53.1 Å². The van der Waals surface area contributed by atoms with Gasteiger partial charge in [0.25, 0.3) is 0 Å². The van der Waals surface area contributed by atoms with Crippen LogP contribution < -0.4 is 10.6 Å². The van der Waals surface area contributed by atoms with Crippen molar-refractivity contribution < 1.29 is 19.1 Å². The molecule has 2 N–H and O–H groups in total. The van der Waals surface area contributed by atoms with Gasteiger partial charge in [-0.15, -0.1) is 0 Å². The fourth-order valence-corrected chi connectivity index (χ4v) is 5.07. The molecule has 39 heavy (non-hydrogen) atoms. The average Bonchev–Trinajstić information content (AvgIpc) is 3.60. The van der Waals surface area contributed by atoms with Crippen LogP contribution in [-0.4, -0.2) is 41.8 Å². The predicted octanol–water partition coefficient (Wildman–Crippen LogP) is 5.70. The topological polar surface area (TPSA) is 94.5 Å². The lowest BCUT2D eigenvalue weighted by molar-refractivity contribution is -0.119. The molecule has 1 fully saturated rings. The van der Waals surface area contributed by atoms with Gasteiger partial charge in [-0.1, -0.05) is 60.1 Å². The number of hydrogen-bond donors (Lipinski definition) is 2. The zero-order chi connectivity index (χ0) is 27.2.